The summed E-state index contributed by atoms with van der Waals surface area (Å²) in [7, 11) is 3.20. The smallest absolute Gasteiger partial charge is 0.180 e. The number of rotatable bonds is 5. The van der Waals surface area contributed by atoms with Crippen LogP contribution in [0, 0.1) is 0 Å². The Morgan fingerprint density at radius 2 is 1.56 bits per heavy atom. The maximum absolute atomic E-state index is 11.3. The molecular formula is C23H33BrN4O4S2. The third-order valence-electron chi connectivity index (χ3n) is 3.43. The molecule has 0 spiro atoms. The lowest BCUT2D eigenvalue weighted by Crippen LogP contribution is -2.18. The molecule has 11 heteroatoms. The molecule has 0 aliphatic carbocycles. The summed E-state index contributed by atoms with van der Waals surface area (Å²) in [6, 6.07) is 14.9. The number of methoxy groups -OCH3 is 2. The number of nitrogen functional groups attached to an aromatic ring is 1. The number of hydrogen-bond acceptors (Lipinski definition) is 8. The number of anilines is 1. The normalized spacial score (nSPS) is 8.74. The van der Waals surface area contributed by atoms with Crippen LogP contribution in [0.15, 0.2) is 53.9 Å². The second-order valence-electron chi connectivity index (χ2n) is 5.75. The highest BCUT2D eigenvalue weighted by molar-refractivity contribution is 9.09. The molecule has 0 atom stereocenters. The fourth-order valence-electron chi connectivity index (χ4n) is 2.21. The van der Waals surface area contributed by atoms with Crippen molar-refractivity contribution < 1.29 is 19.4 Å². The number of para-hydroxylation sites is 2. The topological polar surface area (TPSA) is 147 Å². The van der Waals surface area contributed by atoms with E-state index in [0.717, 1.165) is 17.0 Å². The molecule has 3 aromatic rings. The molecule has 34 heavy (non-hydrogen) atoms. The third kappa shape index (κ3) is 13.1. The van der Waals surface area contributed by atoms with E-state index in [1.807, 2.05) is 41.8 Å². The van der Waals surface area contributed by atoms with Crippen LogP contribution in [0.25, 0.3) is 11.3 Å². The van der Waals surface area contributed by atoms with Crippen LogP contribution in [0.4, 0.5) is 5.13 Å². The molecule has 0 bridgehead atoms. The lowest BCUT2D eigenvalue weighted by atomic mass is 10.1. The van der Waals surface area contributed by atoms with Crippen molar-refractivity contribution in [3.05, 3.63) is 59.5 Å². The fraction of sp³-hybridized carbons (Fsp3) is 0.261. The van der Waals surface area contributed by atoms with Gasteiger partial charge >= 0.3 is 0 Å². The molecule has 7 N–H and O–H groups in total. The molecule has 0 radical (unpaired) electrons. The minimum Gasteiger partial charge on any atom is -0.496 e. The summed E-state index contributed by atoms with van der Waals surface area (Å²) < 4.78 is 10.3. The molecule has 0 saturated heterocycles. The van der Waals surface area contributed by atoms with Crippen molar-refractivity contribution >= 4 is 55.5 Å². The maximum Gasteiger partial charge on any atom is 0.180 e. The molecule has 0 saturated carbocycles. The van der Waals surface area contributed by atoms with Crippen LogP contribution < -0.4 is 26.7 Å². The summed E-state index contributed by atoms with van der Waals surface area (Å²) in [5, 5.41) is 10.4. The van der Waals surface area contributed by atoms with E-state index in [9.17, 15) is 4.79 Å². The van der Waals surface area contributed by atoms with Gasteiger partial charge in [0, 0.05) is 17.6 Å². The van der Waals surface area contributed by atoms with Crippen LogP contribution in [0.2, 0.25) is 0 Å². The summed E-state index contributed by atoms with van der Waals surface area (Å²) in [5.74, 6) is 1.48. The molecule has 188 valence electrons. The van der Waals surface area contributed by atoms with E-state index in [1.165, 1.54) is 11.3 Å². The van der Waals surface area contributed by atoms with Gasteiger partial charge in [0.25, 0.3) is 0 Å². The largest absolute Gasteiger partial charge is 0.496 e. The Bertz CT molecular complexity index is 983. The van der Waals surface area contributed by atoms with Crippen LogP contribution in [-0.4, -0.2) is 47.1 Å². The van der Waals surface area contributed by atoms with Crippen LogP contribution in [0.5, 0.6) is 11.5 Å². The highest BCUT2D eigenvalue weighted by Gasteiger charge is 2.09. The van der Waals surface area contributed by atoms with Crippen molar-refractivity contribution in [1.82, 2.24) is 4.98 Å². The lowest BCUT2D eigenvalue weighted by Gasteiger charge is -2.04. The summed E-state index contributed by atoms with van der Waals surface area (Å²) in [6.45, 7) is 1.93. The summed E-state index contributed by atoms with van der Waals surface area (Å²) in [6.07, 6.45) is 0. The van der Waals surface area contributed by atoms with E-state index < -0.39 is 0 Å². The number of Topliss-reactive ketones (excluding diaryl/α,β-unsaturated/α-hetero) is 1. The van der Waals surface area contributed by atoms with Gasteiger partial charge in [0.05, 0.1) is 30.8 Å². The number of thiazole rings is 1. The zero-order valence-corrected chi connectivity index (χ0v) is 21.9. The fourth-order valence-corrected chi connectivity index (χ4v) is 3.08. The molecule has 0 fully saturated rings. The van der Waals surface area contributed by atoms with Gasteiger partial charge in [0.1, 0.15) is 11.5 Å². The number of carbonyl (C=O) groups excluding carboxylic acids is 1. The van der Waals surface area contributed by atoms with Gasteiger partial charge in [0.15, 0.2) is 16.0 Å². The molecule has 2 aromatic carbocycles. The van der Waals surface area contributed by atoms with E-state index >= 15 is 0 Å². The second kappa shape index (κ2) is 19.7. The van der Waals surface area contributed by atoms with Gasteiger partial charge in [-0.2, -0.15) is 0 Å². The van der Waals surface area contributed by atoms with Gasteiger partial charge in [0.2, 0.25) is 0 Å². The van der Waals surface area contributed by atoms with Gasteiger partial charge in [-0.1, -0.05) is 47.6 Å². The molecule has 0 aliphatic heterocycles. The zero-order valence-electron chi connectivity index (χ0n) is 18.7. The number of carbonyl (C=O) groups is 1. The number of ether oxygens (including phenoxy) is 2. The number of alkyl halides is 1. The quantitative estimate of drug-likeness (QED) is 0.197. The van der Waals surface area contributed by atoms with Crippen molar-refractivity contribution in [1.29, 1.82) is 0 Å². The molecule has 0 unspecified atom stereocenters. The molecular weight excluding hydrogens is 540 g/mol. The Kier molecular flexibility index (Phi) is 19.4. The number of aromatic nitrogens is 1. The molecule has 3 rings (SSSR count). The maximum atomic E-state index is 11.3. The number of ketones is 1. The van der Waals surface area contributed by atoms with E-state index in [0.29, 0.717) is 21.8 Å². The van der Waals surface area contributed by atoms with E-state index in [4.69, 9.17) is 20.3 Å². The van der Waals surface area contributed by atoms with E-state index in [1.54, 1.807) is 33.3 Å². The van der Waals surface area contributed by atoms with Gasteiger partial charge in [-0.05, 0) is 43.4 Å². The van der Waals surface area contributed by atoms with Gasteiger partial charge < -0.3 is 31.8 Å². The second-order valence-corrected chi connectivity index (χ2v) is 7.67. The first-order valence-corrected chi connectivity index (χ1v) is 11.9. The highest BCUT2D eigenvalue weighted by Crippen LogP contribution is 2.30. The lowest BCUT2D eigenvalue weighted by molar-refractivity contribution is 0.102. The number of thiocarbonyl (C=S) groups is 1. The van der Waals surface area contributed by atoms with E-state index in [-0.39, 0.29) is 24.9 Å². The average Bonchev–Trinajstić information content (AvgIpc) is 3.25. The minimum atomic E-state index is 0. The first kappa shape index (κ1) is 33.4. The Morgan fingerprint density at radius 3 is 2.00 bits per heavy atom. The first-order valence-electron chi connectivity index (χ1n) is 9.47. The van der Waals surface area contributed by atoms with Crippen molar-refractivity contribution in [3.8, 4) is 22.8 Å². The van der Waals surface area contributed by atoms with Crippen LogP contribution in [0.1, 0.15) is 24.7 Å². The highest BCUT2D eigenvalue weighted by atomic mass is 79.9. The standard InChI is InChI=1S/C10H10N2OS.C9H9BrO2.C2H6O.CH4N2S.CH4/c1-13-9-5-3-2-4-7(9)8-6-14-10(11)12-8;1-12-9-5-3-2-4-7(9)8(11)6-10;1-2-3;2-1(3)4;/h2-6H,1H3,(H2,11,12);2-5H,6H2,1H3;3H,2H2,1H3;(H4,2,3,4);1H4. The van der Waals surface area contributed by atoms with Gasteiger partial charge in [-0.15, -0.1) is 11.3 Å². The molecule has 8 nitrogen and oxygen atoms in total. The zero-order chi connectivity index (χ0) is 25.2. The average molecular weight is 574 g/mol. The van der Waals surface area contributed by atoms with Crippen molar-refractivity contribution in [2.24, 2.45) is 11.5 Å². The number of benzene rings is 2. The van der Waals surface area contributed by atoms with Crippen LogP contribution >= 0.6 is 39.5 Å². The number of nitrogens with two attached hydrogens (primary N) is 3. The minimum absolute atomic E-state index is 0. The Balaban J connectivity index is 0. The molecule has 0 amide bonds. The van der Waals surface area contributed by atoms with E-state index in [2.05, 4.69) is 44.6 Å². The molecule has 0 aliphatic rings. The monoisotopic (exact) mass is 572 g/mol. The van der Waals surface area contributed by atoms with Crippen LogP contribution in [-0.2, 0) is 0 Å². The van der Waals surface area contributed by atoms with Gasteiger partial charge in [-0.3, -0.25) is 4.79 Å². The van der Waals surface area contributed by atoms with Gasteiger partial charge in [-0.25, -0.2) is 4.98 Å². The van der Waals surface area contributed by atoms with Crippen molar-refractivity contribution in [2.75, 3.05) is 31.9 Å². The predicted octanol–water partition coefficient (Wildman–Crippen LogP) is 4.50. The summed E-state index contributed by atoms with van der Waals surface area (Å²) in [5.41, 5.74) is 17.3. The Morgan fingerprint density at radius 1 is 1.09 bits per heavy atom. The number of halogens is 1. The first-order chi connectivity index (χ1) is 15.7. The summed E-state index contributed by atoms with van der Waals surface area (Å²) >= 11 is 8.63. The van der Waals surface area contributed by atoms with Crippen LogP contribution in [0.3, 0.4) is 0 Å². The number of aliphatic hydroxyl groups excluding tert-OH is 1. The SMILES string of the molecule is C.CCO.COc1ccccc1-c1csc(N)n1.COc1ccccc1C(=O)CBr.NC(N)=S. The number of nitrogens with zero attached hydrogens (tertiary/aromatic N) is 1. The Labute approximate surface area is 219 Å². The van der Waals surface area contributed by atoms with Crippen molar-refractivity contribution in [3.63, 3.8) is 0 Å². The Hall–Kier alpha value is -2.73. The van der Waals surface area contributed by atoms with Crippen molar-refractivity contribution in [2.45, 2.75) is 14.4 Å². The number of hydrogen-bond donors (Lipinski definition) is 4. The predicted molar refractivity (Wildman–Crippen MR) is 150 cm³/mol. The molecule has 1 aromatic heterocycles. The number of aliphatic hydroxyl groups is 1. The third-order valence-corrected chi connectivity index (χ3v) is 4.62. The summed E-state index contributed by atoms with van der Waals surface area (Å²) in [4.78, 5) is 15.5. The molecule has 1 heterocycles.